The molecule has 0 bridgehead atoms. The lowest BCUT2D eigenvalue weighted by atomic mass is 10.1. The summed E-state index contributed by atoms with van der Waals surface area (Å²) in [6.07, 6.45) is 6.13. The first kappa shape index (κ1) is 16.1. The summed E-state index contributed by atoms with van der Waals surface area (Å²) in [4.78, 5) is 1.23. The molecule has 0 fully saturated rings. The van der Waals surface area contributed by atoms with Gasteiger partial charge in [0, 0.05) is 12.6 Å². The van der Waals surface area contributed by atoms with Crippen molar-refractivity contribution in [2.75, 3.05) is 7.05 Å². The molecule has 1 N–H and O–H groups in total. The standard InChI is InChI=1S/C15H25N5S/c1-5-12(6-2)20-9-8-11(18-20)10-14(16-4)15-13(7-3)17-19-21-15/h8-9,12,14,16H,5-7,10H2,1-4H3. The van der Waals surface area contributed by atoms with Gasteiger partial charge in [-0.2, -0.15) is 5.10 Å². The molecule has 0 saturated carbocycles. The first-order chi connectivity index (χ1) is 10.2. The van der Waals surface area contributed by atoms with Crippen molar-refractivity contribution in [1.82, 2.24) is 24.7 Å². The lowest BCUT2D eigenvalue weighted by molar-refractivity contribution is 0.423. The Morgan fingerprint density at radius 1 is 1.29 bits per heavy atom. The van der Waals surface area contributed by atoms with Gasteiger partial charge in [-0.05, 0) is 43.9 Å². The van der Waals surface area contributed by atoms with E-state index in [2.05, 4.69) is 52.6 Å². The van der Waals surface area contributed by atoms with Crippen LogP contribution < -0.4 is 5.32 Å². The maximum absolute atomic E-state index is 4.75. The van der Waals surface area contributed by atoms with Gasteiger partial charge in [0.2, 0.25) is 0 Å². The summed E-state index contributed by atoms with van der Waals surface area (Å²) in [7, 11) is 1.99. The molecule has 0 aliphatic carbocycles. The highest BCUT2D eigenvalue weighted by Gasteiger charge is 2.19. The van der Waals surface area contributed by atoms with Crippen molar-refractivity contribution >= 4 is 11.5 Å². The molecule has 2 aromatic heterocycles. The minimum absolute atomic E-state index is 0.241. The molecule has 2 rings (SSSR count). The number of hydrogen-bond donors (Lipinski definition) is 1. The van der Waals surface area contributed by atoms with Gasteiger partial charge in [-0.1, -0.05) is 25.3 Å². The second-order valence-electron chi connectivity index (χ2n) is 5.24. The third kappa shape index (κ3) is 3.68. The average molecular weight is 307 g/mol. The normalized spacial score (nSPS) is 13.0. The van der Waals surface area contributed by atoms with E-state index in [9.17, 15) is 0 Å². The van der Waals surface area contributed by atoms with Crippen LogP contribution in [0, 0.1) is 0 Å². The van der Waals surface area contributed by atoms with Gasteiger partial charge < -0.3 is 5.32 Å². The largest absolute Gasteiger partial charge is 0.312 e. The summed E-state index contributed by atoms with van der Waals surface area (Å²) < 4.78 is 6.19. The topological polar surface area (TPSA) is 55.6 Å². The lowest BCUT2D eigenvalue weighted by Gasteiger charge is -2.15. The summed E-state index contributed by atoms with van der Waals surface area (Å²) in [6.45, 7) is 6.54. The first-order valence-electron chi connectivity index (χ1n) is 7.75. The fourth-order valence-electron chi connectivity index (χ4n) is 2.61. The quantitative estimate of drug-likeness (QED) is 0.814. The Balaban J connectivity index is 2.12. The zero-order valence-corrected chi connectivity index (χ0v) is 14.2. The van der Waals surface area contributed by atoms with E-state index >= 15 is 0 Å². The van der Waals surface area contributed by atoms with Crippen LogP contribution in [0.2, 0.25) is 0 Å². The monoisotopic (exact) mass is 307 g/mol. The Hall–Kier alpha value is -1.27. The molecular formula is C15H25N5S. The Kier molecular flexibility index (Phi) is 5.87. The maximum atomic E-state index is 4.75. The van der Waals surface area contributed by atoms with E-state index in [4.69, 9.17) is 5.10 Å². The molecular weight excluding hydrogens is 282 g/mol. The van der Waals surface area contributed by atoms with Crippen molar-refractivity contribution in [1.29, 1.82) is 0 Å². The molecule has 0 aliphatic rings. The number of hydrogen-bond acceptors (Lipinski definition) is 5. The van der Waals surface area contributed by atoms with E-state index in [1.807, 2.05) is 7.05 Å². The highest BCUT2D eigenvalue weighted by molar-refractivity contribution is 7.05. The Labute approximate surface area is 130 Å². The van der Waals surface area contributed by atoms with Crippen molar-refractivity contribution in [3.63, 3.8) is 0 Å². The number of likely N-dealkylation sites (N-methyl/N-ethyl adjacent to an activating group) is 1. The molecule has 1 unspecified atom stereocenters. The second-order valence-corrected chi connectivity index (χ2v) is 6.03. The van der Waals surface area contributed by atoms with Crippen LogP contribution in [-0.2, 0) is 12.8 Å². The van der Waals surface area contributed by atoms with Crippen molar-refractivity contribution in [3.8, 4) is 0 Å². The molecule has 1 atom stereocenters. The van der Waals surface area contributed by atoms with Crippen molar-refractivity contribution < 1.29 is 0 Å². The number of aryl methyl sites for hydroxylation is 1. The van der Waals surface area contributed by atoms with E-state index in [0.717, 1.165) is 37.1 Å². The molecule has 5 nitrogen and oxygen atoms in total. The minimum Gasteiger partial charge on any atom is -0.312 e. The summed E-state index contributed by atoms with van der Waals surface area (Å²) in [5.74, 6) is 0. The second kappa shape index (κ2) is 7.66. The summed E-state index contributed by atoms with van der Waals surface area (Å²) >= 11 is 1.49. The molecule has 0 amide bonds. The summed E-state index contributed by atoms with van der Waals surface area (Å²) in [5.41, 5.74) is 2.22. The van der Waals surface area contributed by atoms with Crippen LogP contribution in [0.25, 0.3) is 0 Å². The van der Waals surface area contributed by atoms with Crippen LogP contribution >= 0.6 is 11.5 Å². The van der Waals surface area contributed by atoms with Gasteiger partial charge in [-0.15, -0.1) is 5.10 Å². The maximum Gasteiger partial charge on any atom is 0.0801 e. The van der Waals surface area contributed by atoms with E-state index < -0.39 is 0 Å². The average Bonchev–Trinajstić information content (AvgIpc) is 3.15. The van der Waals surface area contributed by atoms with Gasteiger partial charge in [0.05, 0.1) is 28.3 Å². The molecule has 116 valence electrons. The molecule has 2 heterocycles. The zero-order chi connectivity index (χ0) is 15.2. The van der Waals surface area contributed by atoms with Gasteiger partial charge in [-0.25, -0.2) is 0 Å². The van der Waals surface area contributed by atoms with Crippen molar-refractivity contribution in [2.45, 2.75) is 58.5 Å². The highest BCUT2D eigenvalue weighted by Crippen LogP contribution is 2.24. The Morgan fingerprint density at radius 3 is 2.67 bits per heavy atom. The Bertz CT molecular complexity index is 544. The summed E-state index contributed by atoms with van der Waals surface area (Å²) in [6, 6.07) is 2.87. The molecule has 21 heavy (non-hydrogen) atoms. The minimum atomic E-state index is 0.241. The zero-order valence-electron chi connectivity index (χ0n) is 13.3. The fourth-order valence-corrected chi connectivity index (χ4v) is 3.46. The molecule has 0 spiro atoms. The van der Waals surface area contributed by atoms with Crippen LogP contribution in [0.1, 0.15) is 62.0 Å². The molecule has 0 saturated heterocycles. The van der Waals surface area contributed by atoms with Crippen molar-refractivity contribution in [3.05, 3.63) is 28.5 Å². The molecule has 2 aromatic rings. The van der Waals surface area contributed by atoms with E-state index in [0.29, 0.717) is 6.04 Å². The van der Waals surface area contributed by atoms with Gasteiger partial charge >= 0.3 is 0 Å². The van der Waals surface area contributed by atoms with Gasteiger partial charge in [0.15, 0.2) is 0 Å². The van der Waals surface area contributed by atoms with E-state index in [1.165, 1.54) is 16.4 Å². The van der Waals surface area contributed by atoms with Crippen LogP contribution in [0.5, 0.6) is 0 Å². The molecule has 6 heteroatoms. The van der Waals surface area contributed by atoms with Crippen molar-refractivity contribution in [2.24, 2.45) is 0 Å². The van der Waals surface area contributed by atoms with Crippen LogP contribution in [0.15, 0.2) is 12.3 Å². The van der Waals surface area contributed by atoms with E-state index in [1.54, 1.807) is 0 Å². The fraction of sp³-hybridized carbons (Fsp3) is 0.667. The van der Waals surface area contributed by atoms with Gasteiger partial charge in [0.1, 0.15) is 0 Å². The number of aromatic nitrogens is 4. The lowest BCUT2D eigenvalue weighted by Crippen LogP contribution is -2.19. The SMILES string of the molecule is CCc1nnsc1C(Cc1ccn(C(CC)CC)n1)NC. The predicted octanol–water partition coefficient (Wildman–Crippen LogP) is 3.16. The molecule has 0 radical (unpaired) electrons. The third-order valence-corrected chi connectivity index (χ3v) is 4.86. The van der Waals surface area contributed by atoms with Gasteiger partial charge in [-0.3, -0.25) is 4.68 Å². The van der Waals surface area contributed by atoms with E-state index in [-0.39, 0.29) is 6.04 Å². The Morgan fingerprint density at radius 2 is 2.05 bits per heavy atom. The molecule has 0 aromatic carbocycles. The molecule has 0 aliphatic heterocycles. The highest BCUT2D eigenvalue weighted by atomic mass is 32.1. The number of rotatable bonds is 8. The third-order valence-electron chi connectivity index (χ3n) is 3.98. The number of nitrogens with one attached hydrogen (secondary N) is 1. The first-order valence-corrected chi connectivity index (χ1v) is 8.53. The van der Waals surface area contributed by atoms with Crippen LogP contribution in [0.3, 0.4) is 0 Å². The van der Waals surface area contributed by atoms with Crippen LogP contribution in [-0.4, -0.2) is 26.4 Å². The van der Waals surface area contributed by atoms with Gasteiger partial charge in [0.25, 0.3) is 0 Å². The summed E-state index contributed by atoms with van der Waals surface area (Å²) in [5, 5.41) is 12.3. The predicted molar refractivity (Wildman–Crippen MR) is 86.6 cm³/mol. The smallest absolute Gasteiger partial charge is 0.0801 e. The van der Waals surface area contributed by atoms with Crippen LogP contribution in [0.4, 0.5) is 0 Å². The number of nitrogens with zero attached hydrogens (tertiary/aromatic N) is 4.